The zero-order valence-corrected chi connectivity index (χ0v) is 20.9. The molecule has 6 nitrogen and oxygen atoms in total. The van der Waals surface area contributed by atoms with E-state index in [1.165, 1.54) is 57.6 Å². The second kappa shape index (κ2) is 10.8. The molecule has 0 unspecified atom stereocenters. The van der Waals surface area contributed by atoms with Crippen LogP contribution in [0.15, 0.2) is 77.7 Å². The topological polar surface area (TPSA) is 71.7 Å². The lowest BCUT2D eigenvalue weighted by atomic mass is 10.0. The number of hydrogen-bond acceptors (Lipinski definition) is 4. The summed E-state index contributed by atoms with van der Waals surface area (Å²) >= 11 is 1.40. The fourth-order valence-electron chi connectivity index (χ4n) is 3.41. The molecule has 176 valence electrons. The van der Waals surface area contributed by atoms with Gasteiger partial charge in [-0.1, -0.05) is 49.3 Å². The van der Waals surface area contributed by atoms with Gasteiger partial charge in [0.2, 0.25) is 10.0 Å². The lowest BCUT2D eigenvalue weighted by Crippen LogP contribution is -2.31. The lowest BCUT2D eigenvalue weighted by molar-refractivity contribution is 0.0998. The third-order valence-electron chi connectivity index (χ3n) is 5.22. The van der Waals surface area contributed by atoms with Crippen molar-refractivity contribution in [3.05, 3.63) is 83.7 Å². The SMILES string of the molecule is C#CCn1c(=NC(=O)c2ccc(S(=O)(=O)N(CC=C)CC=C)cc2)sc2cc(C(C)C)ccc21. The van der Waals surface area contributed by atoms with Gasteiger partial charge in [-0.3, -0.25) is 4.79 Å². The van der Waals surface area contributed by atoms with E-state index in [1.54, 1.807) is 0 Å². The van der Waals surface area contributed by atoms with Gasteiger partial charge in [0.1, 0.15) is 0 Å². The molecule has 0 spiro atoms. The molecule has 0 fully saturated rings. The molecule has 1 aromatic heterocycles. The number of sulfonamides is 1. The number of aromatic nitrogens is 1. The summed E-state index contributed by atoms with van der Waals surface area (Å²) in [7, 11) is -3.74. The van der Waals surface area contributed by atoms with E-state index < -0.39 is 15.9 Å². The van der Waals surface area contributed by atoms with Crippen molar-refractivity contribution in [1.82, 2.24) is 8.87 Å². The summed E-state index contributed by atoms with van der Waals surface area (Å²) in [4.78, 5) is 17.8. The van der Waals surface area contributed by atoms with E-state index in [0.717, 1.165) is 10.2 Å². The molecule has 0 aliphatic rings. The minimum Gasteiger partial charge on any atom is -0.305 e. The van der Waals surface area contributed by atoms with Crippen molar-refractivity contribution in [3.8, 4) is 12.3 Å². The highest BCUT2D eigenvalue weighted by Gasteiger charge is 2.22. The fourth-order valence-corrected chi connectivity index (χ4v) is 5.86. The average Bonchev–Trinajstić information content (AvgIpc) is 3.15. The van der Waals surface area contributed by atoms with Crippen molar-refractivity contribution in [2.75, 3.05) is 13.1 Å². The van der Waals surface area contributed by atoms with Gasteiger partial charge in [-0.15, -0.1) is 19.6 Å². The number of nitrogens with zero attached hydrogens (tertiary/aromatic N) is 3. The van der Waals surface area contributed by atoms with E-state index in [-0.39, 0.29) is 30.1 Å². The first-order valence-electron chi connectivity index (χ1n) is 10.7. The van der Waals surface area contributed by atoms with Crippen molar-refractivity contribution in [2.24, 2.45) is 4.99 Å². The highest BCUT2D eigenvalue weighted by Crippen LogP contribution is 2.24. The molecule has 0 radical (unpaired) electrons. The van der Waals surface area contributed by atoms with Gasteiger partial charge >= 0.3 is 0 Å². The van der Waals surface area contributed by atoms with E-state index in [0.29, 0.717) is 10.7 Å². The lowest BCUT2D eigenvalue weighted by Gasteiger charge is -2.19. The maximum absolute atomic E-state index is 12.9. The number of carbonyl (C=O) groups is 1. The molecule has 3 rings (SSSR count). The molecule has 2 aromatic carbocycles. The average molecular weight is 494 g/mol. The molecule has 0 atom stereocenters. The highest BCUT2D eigenvalue weighted by atomic mass is 32.2. The smallest absolute Gasteiger partial charge is 0.279 e. The van der Waals surface area contributed by atoms with Crippen LogP contribution in [0.4, 0.5) is 0 Å². The Morgan fingerprint density at radius 1 is 1.18 bits per heavy atom. The number of fused-ring (bicyclic) bond motifs is 1. The number of hydrogen-bond donors (Lipinski definition) is 0. The summed E-state index contributed by atoms with van der Waals surface area (Å²) < 4.78 is 29.8. The van der Waals surface area contributed by atoms with Gasteiger partial charge in [0, 0.05) is 18.7 Å². The molecule has 0 aliphatic carbocycles. The maximum atomic E-state index is 12.9. The Labute approximate surface area is 204 Å². The Bertz CT molecular complexity index is 1430. The van der Waals surface area contributed by atoms with Crippen molar-refractivity contribution in [2.45, 2.75) is 31.2 Å². The highest BCUT2D eigenvalue weighted by molar-refractivity contribution is 7.89. The molecule has 0 saturated carbocycles. The van der Waals surface area contributed by atoms with E-state index >= 15 is 0 Å². The third-order valence-corrected chi connectivity index (χ3v) is 8.11. The summed E-state index contributed by atoms with van der Waals surface area (Å²) in [6, 6.07) is 11.9. The molecule has 3 aromatic rings. The van der Waals surface area contributed by atoms with Crippen molar-refractivity contribution < 1.29 is 13.2 Å². The van der Waals surface area contributed by atoms with E-state index in [2.05, 4.69) is 50.1 Å². The Morgan fingerprint density at radius 3 is 2.38 bits per heavy atom. The number of carbonyl (C=O) groups excluding carboxylic acids is 1. The third kappa shape index (κ3) is 5.28. The number of terminal acetylenes is 1. The summed E-state index contributed by atoms with van der Waals surface area (Å²) in [6.07, 6.45) is 8.58. The molecule has 0 N–H and O–H groups in total. The van der Waals surface area contributed by atoms with Gasteiger partial charge in [0.05, 0.1) is 21.7 Å². The molecule has 34 heavy (non-hydrogen) atoms. The van der Waals surface area contributed by atoms with E-state index in [4.69, 9.17) is 6.42 Å². The summed E-state index contributed by atoms with van der Waals surface area (Å²) in [6.45, 7) is 12.1. The second-order valence-corrected chi connectivity index (χ2v) is 10.8. The van der Waals surface area contributed by atoms with Crippen LogP contribution in [0.1, 0.15) is 35.7 Å². The minimum absolute atomic E-state index is 0.0817. The van der Waals surface area contributed by atoms with Crippen LogP contribution in [-0.2, 0) is 16.6 Å². The van der Waals surface area contributed by atoms with Crippen LogP contribution in [0.2, 0.25) is 0 Å². The first kappa shape index (κ1) is 25.4. The van der Waals surface area contributed by atoms with Crippen molar-refractivity contribution in [3.63, 3.8) is 0 Å². The van der Waals surface area contributed by atoms with Crippen LogP contribution in [0.5, 0.6) is 0 Å². The Balaban J connectivity index is 1.98. The van der Waals surface area contributed by atoms with Crippen LogP contribution in [0.3, 0.4) is 0 Å². The van der Waals surface area contributed by atoms with Crippen LogP contribution in [0, 0.1) is 12.3 Å². The number of benzene rings is 2. The fraction of sp³-hybridized carbons (Fsp3) is 0.231. The molecule has 0 bridgehead atoms. The van der Waals surface area contributed by atoms with E-state index in [9.17, 15) is 13.2 Å². The van der Waals surface area contributed by atoms with Crippen LogP contribution in [0.25, 0.3) is 10.2 Å². The van der Waals surface area contributed by atoms with Gasteiger partial charge in [0.15, 0.2) is 4.80 Å². The molecule has 0 aliphatic heterocycles. The van der Waals surface area contributed by atoms with Crippen molar-refractivity contribution in [1.29, 1.82) is 0 Å². The maximum Gasteiger partial charge on any atom is 0.279 e. The van der Waals surface area contributed by atoms with Crippen molar-refractivity contribution >= 4 is 37.5 Å². The van der Waals surface area contributed by atoms with Gasteiger partial charge in [-0.2, -0.15) is 9.30 Å². The molecular weight excluding hydrogens is 466 g/mol. The Hall–Kier alpha value is -3.25. The summed E-state index contributed by atoms with van der Waals surface area (Å²) in [5.74, 6) is 2.52. The normalized spacial score (nSPS) is 12.3. The Kier molecular flexibility index (Phi) is 8.05. The zero-order valence-electron chi connectivity index (χ0n) is 19.3. The van der Waals surface area contributed by atoms with Gasteiger partial charge in [-0.05, 0) is 47.9 Å². The first-order valence-corrected chi connectivity index (χ1v) is 13.0. The van der Waals surface area contributed by atoms with E-state index in [1.807, 2.05) is 10.6 Å². The first-order chi connectivity index (χ1) is 16.2. The van der Waals surface area contributed by atoms with Gasteiger partial charge in [-0.25, -0.2) is 8.42 Å². The number of thiazole rings is 1. The second-order valence-electron chi connectivity index (χ2n) is 7.90. The minimum atomic E-state index is -3.74. The van der Waals surface area contributed by atoms with Crippen LogP contribution >= 0.6 is 11.3 Å². The Morgan fingerprint density at radius 2 is 1.82 bits per heavy atom. The number of amides is 1. The molecule has 1 amide bonds. The predicted molar refractivity (Wildman–Crippen MR) is 138 cm³/mol. The molecule has 0 saturated heterocycles. The standard InChI is InChI=1S/C26H27N3O3S2/c1-6-15-28(16-7-2)34(31,32)22-12-9-20(10-13-22)25(30)27-26-29(17-8-3)23-14-11-21(19(4)5)18-24(23)33-26/h3,6-7,9-14,18-19H,1-2,15-17H2,4-5H3. The zero-order chi connectivity index (χ0) is 24.9. The quantitative estimate of drug-likeness (QED) is 0.324. The predicted octanol–water partition coefficient (Wildman–Crippen LogP) is 4.56. The molecular formula is C26H27N3O3S2. The largest absolute Gasteiger partial charge is 0.305 e. The molecule has 8 heteroatoms. The summed E-state index contributed by atoms with van der Waals surface area (Å²) in [5, 5.41) is 0. The number of rotatable bonds is 9. The van der Waals surface area contributed by atoms with Crippen LogP contribution < -0.4 is 4.80 Å². The van der Waals surface area contributed by atoms with Gasteiger partial charge in [0.25, 0.3) is 5.91 Å². The van der Waals surface area contributed by atoms with Gasteiger partial charge < -0.3 is 4.57 Å². The summed E-state index contributed by atoms with van der Waals surface area (Å²) in [5.41, 5.74) is 2.40. The van der Waals surface area contributed by atoms with Crippen LogP contribution in [-0.4, -0.2) is 36.3 Å². The molecule has 1 heterocycles. The monoisotopic (exact) mass is 493 g/mol.